The van der Waals surface area contributed by atoms with Gasteiger partial charge in [-0.25, -0.2) is 4.79 Å². The third-order valence-electron chi connectivity index (χ3n) is 2.94. The Morgan fingerprint density at radius 1 is 1.42 bits per heavy atom. The molecular formula is C12H19NO5S. The zero-order valence-electron chi connectivity index (χ0n) is 10.9. The predicted molar refractivity (Wildman–Crippen MR) is 71.5 cm³/mol. The van der Waals surface area contributed by atoms with Crippen LogP contribution in [0.3, 0.4) is 0 Å². The number of hydrogen-bond donors (Lipinski definition) is 4. The van der Waals surface area contributed by atoms with E-state index in [1.165, 1.54) is 18.7 Å². The number of carbonyl (C=O) groups is 2. The Kier molecular flexibility index (Phi) is 5.68. The van der Waals surface area contributed by atoms with Gasteiger partial charge in [-0.3, -0.25) is 4.79 Å². The largest absolute Gasteiger partial charge is 0.481 e. The summed E-state index contributed by atoms with van der Waals surface area (Å²) < 4.78 is 0. The van der Waals surface area contributed by atoms with Gasteiger partial charge in [-0.15, -0.1) is 11.8 Å². The van der Waals surface area contributed by atoms with Crippen molar-refractivity contribution in [1.29, 1.82) is 0 Å². The van der Waals surface area contributed by atoms with E-state index >= 15 is 0 Å². The molecule has 0 fully saturated rings. The molecule has 4 N–H and O–H groups in total. The Morgan fingerprint density at radius 3 is 2.47 bits per heavy atom. The molecule has 0 aliphatic carbocycles. The van der Waals surface area contributed by atoms with Crippen LogP contribution in [-0.4, -0.2) is 38.7 Å². The number of rotatable bonds is 7. The number of aliphatic hydroxyl groups excluding tert-OH is 1. The third-order valence-corrected chi connectivity index (χ3v) is 4.29. The molecule has 0 amide bonds. The number of hydrogen-bond acceptors (Lipinski definition) is 5. The lowest BCUT2D eigenvalue weighted by Gasteiger charge is -2.22. The van der Waals surface area contributed by atoms with Gasteiger partial charge >= 0.3 is 11.9 Å². The monoisotopic (exact) mass is 289 g/mol. The molecule has 6 nitrogen and oxygen atoms in total. The van der Waals surface area contributed by atoms with E-state index in [0.29, 0.717) is 11.3 Å². The molecule has 0 saturated carbocycles. The minimum absolute atomic E-state index is 0.0651. The van der Waals surface area contributed by atoms with E-state index in [2.05, 4.69) is 5.32 Å². The first-order valence-electron chi connectivity index (χ1n) is 6.19. The van der Waals surface area contributed by atoms with Gasteiger partial charge in [0.2, 0.25) is 0 Å². The van der Waals surface area contributed by atoms with Crippen LogP contribution in [0.5, 0.6) is 0 Å². The smallest absolute Gasteiger partial charge is 0.352 e. The van der Waals surface area contributed by atoms with Gasteiger partial charge in [0.15, 0.2) is 0 Å². The molecule has 1 aliphatic heterocycles. The van der Waals surface area contributed by atoms with Crippen molar-refractivity contribution < 1.29 is 24.9 Å². The van der Waals surface area contributed by atoms with Crippen molar-refractivity contribution in [3.8, 4) is 0 Å². The zero-order chi connectivity index (χ0) is 14.6. The molecule has 0 unspecified atom stereocenters. The average molecular weight is 289 g/mol. The molecule has 0 spiro atoms. The van der Waals surface area contributed by atoms with Crippen LogP contribution in [0.4, 0.5) is 0 Å². The first-order chi connectivity index (χ1) is 8.88. The molecule has 3 atom stereocenters. The molecule has 1 rings (SSSR count). The van der Waals surface area contributed by atoms with Gasteiger partial charge < -0.3 is 20.6 Å². The molecule has 1 heterocycles. The van der Waals surface area contributed by atoms with Crippen LogP contribution in [0.15, 0.2) is 10.6 Å². The molecule has 0 aromatic heterocycles. The van der Waals surface area contributed by atoms with Crippen LogP contribution in [0, 0.1) is 5.92 Å². The first kappa shape index (κ1) is 15.8. The molecular weight excluding hydrogens is 270 g/mol. The Bertz CT molecular complexity index is 394. The Hall–Kier alpha value is -1.21. The van der Waals surface area contributed by atoms with Crippen molar-refractivity contribution in [3.05, 3.63) is 10.6 Å². The molecule has 108 valence electrons. The molecule has 0 bridgehead atoms. The summed E-state index contributed by atoms with van der Waals surface area (Å²) in [7, 11) is 0. The van der Waals surface area contributed by atoms with E-state index in [9.17, 15) is 14.7 Å². The molecule has 0 aromatic rings. The highest BCUT2D eigenvalue weighted by Gasteiger charge is 2.39. The summed E-state index contributed by atoms with van der Waals surface area (Å²) in [5, 5.41) is 29.8. The Labute approximate surface area is 115 Å². The predicted octanol–water partition coefficient (Wildman–Crippen LogP) is 1.22. The molecule has 0 aromatic carbocycles. The summed E-state index contributed by atoms with van der Waals surface area (Å²) in [6.07, 6.45) is 1.33. The zero-order valence-corrected chi connectivity index (χ0v) is 11.7. The van der Waals surface area contributed by atoms with Crippen LogP contribution >= 0.6 is 11.8 Å². The highest BCUT2D eigenvalue weighted by atomic mass is 32.2. The number of thioether (sulfide) groups is 1. The van der Waals surface area contributed by atoms with E-state index in [0.717, 1.165) is 12.8 Å². The normalized spacial score (nSPS) is 21.9. The fraction of sp³-hybridized carbons (Fsp3) is 0.667. The highest BCUT2D eigenvalue weighted by Crippen LogP contribution is 2.38. The van der Waals surface area contributed by atoms with Crippen molar-refractivity contribution in [2.45, 2.75) is 44.6 Å². The van der Waals surface area contributed by atoms with E-state index in [1.54, 1.807) is 0 Å². The molecule has 1 aliphatic rings. The maximum Gasteiger partial charge on any atom is 0.352 e. The van der Waals surface area contributed by atoms with Crippen LogP contribution in [0.2, 0.25) is 0 Å². The van der Waals surface area contributed by atoms with E-state index in [-0.39, 0.29) is 5.70 Å². The Balaban J connectivity index is 2.85. The standard InChI is InChI=1S/C12H19NO5S/c1-3-4-5-7-9(12(17)18)13-10(19-7)8(6(2)14)11(15)16/h6,8,10,13-14H,3-5H2,1-2H3,(H,15,16)(H,17,18)/t6-,8-,10-/m1/s1. The number of carboxylic acid groups (broad SMARTS) is 2. The number of nitrogens with one attached hydrogen (secondary N) is 1. The summed E-state index contributed by atoms with van der Waals surface area (Å²) in [5.74, 6) is -3.27. The minimum Gasteiger partial charge on any atom is -0.481 e. The SMILES string of the molecule is CCCCC1=C(C(=O)O)N[C@@H]([C@H](C(=O)O)[C@@H](C)O)S1. The average Bonchev–Trinajstić information content (AvgIpc) is 2.69. The summed E-state index contributed by atoms with van der Waals surface area (Å²) in [4.78, 5) is 22.9. The molecule has 19 heavy (non-hydrogen) atoms. The highest BCUT2D eigenvalue weighted by molar-refractivity contribution is 8.04. The molecule has 0 radical (unpaired) electrons. The topological polar surface area (TPSA) is 107 Å². The Morgan fingerprint density at radius 2 is 2.05 bits per heavy atom. The molecule has 0 saturated heterocycles. The van der Waals surface area contributed by atoms with Crippen molar-refractivity contribution in [2.24, 2.45) is 5.92 Å². The van der Waals surface area contributed by atoms with Gasteiger partial charge in [0, 0.05) is 4.91 Å². The molecule has 7 heteroatoms. The number of carboxylic acids is 2. The maximum atomic E-state index is 11.1. The van der Waals surface area contributed by atoms with E-state index in [4.69, 9.17) is 10.2 Å². The number of aliphatic hydroxyl groups is 1. The van der Waals surface area contributed by atoms with Crippen molar-refractivity contribution in [2.75, 3.05) is 0 Å². The second kappa shape index (κ2) is 6.81. The van der Waals surface area contributed by atoms with Gasteiger partial charge in [0.1, 0.15) is 11.6 Å². The van der Waals surface area contributed by atoms with E-state index < -0.39 is 29.3 Å². The van der Waals surface area contributed by atoms with Crippen LogP contribution < -0.4 is 5.32 Å². The lowest BCUT2D eigenvalue weighted by Crippen LogP contribution is -2.41. The van der Waals surface area contributed by atoms with E-state index in [1.807, 2.05) is 6.92 Å². The lowest BCUT2D eigenvalue weighted by molar-refractivity contribution is -0.145. The first-order valence-corrected chi connectivity index (χ1v) is 7.07. The van der Waals surface area contributed by atoms with Gasteiger partial charge in [0.05, 0.1) is 11.5 Å². The maximum absolute atomic E-state index is 11.1. The van der Waals surface area contributed by atoms with Gasteiger partial charge in [-0.1, -0.05) is 13.3 Å². The van der Waals surface area contributed by atoms with Gasteiger partial charge in [0.25, 0.3) is 0 Å². The fourth-order valence-electron chi connectivity index (χ4n) is 1.92. The van der Waals surface area contributed by atoms with Crippen molar-refractivity contribution in [1.82, 2.24) is 5.32 Å². The second-order valence-corrected chi connectivity index (χ2v) is 5.73. The summed E-state index contributed by atoms with van der Waals surface area (Å²) in [5.41, 5.74) is 0.0651. The number of allylic oxidation sites excluding steroid dienone is 1. The summed E-state index contributed by atoms with van der Waals surface area (Å²) in [6.45, 7) is 3.40. The number of aliphatic carboxylic acids is 2. The van der Waals surface area contributed by atoms with Crippen molar-refractivity contribution >= 4 is 23.7 Å². The van der Waals surface area contributed by atoms with Crippen LogP contribution in [-0.2, 0) is 9.59 Å². The fourth-order valence-corrected chi connectivity index (χ4v) is 3.42. The van der Waals surface area contributed by atoms with Crippen molar-refractivity contribution in [3.63, 3.8) is 0 Å². The lowest BCUT2D eigenvalue weighted by atomic mass is 10.0. The van der Waals surface area contributed by atoms with Crippen LogP contribution in [0.25, 0.3) is 0 Å². The number of unbranched alkanes of at least 4 members (excludes halogenated alkanes) is 1. The minimum atomic E-state index is -1.14. The third kappa shape index (κ3) is 3.87. The van der Waals surface area contributed by atoms with Gasteiger partial charge in [-0.05, 0) is 19.8 Å². The summed E-state index contributed by atoms with van der Waals surface area (Å²) in [6, 6.07) is 0. The quantitative estimate of drug-likeness (QED) is 0.558. The second-order valence-electron chi connectivity index (χ2n) is 4.49. The summed E-state index contributed by atoms with van der Waals surface area (Å²) >= 11 is 1.20. The van der Waals surface area contributed by atoms with Gasteiger partial charge in [-0.2, -0.15) is 0 Å². The van der Waals surface area contributed by atoms with Crippen LogP contribution in [0.1, 0.15) is 33.1 Å².